The van der Waals surface area contributed by atoms with Crippen molar-refractivity contribution in [2.75, 3.05) is 26.2 Å². The van der Waals surface area contributed by atoms with Crippen LogP contribution in [0.2, 0.25) is 0 Å². The van der Waals surface area contributed by atoms with Gasteiger partial charge in [-0.3, -0.25) is 9.59 Å². The summed E-state index contributed by atoms with van der Waals surface area (Å²) in [5, 5.41) is 2.03. The van der Waals surface area contributed by atoms with Crippen LogP contribution in [-0.4, -0.2) is 47.8 Å². The highest BCUT2D eigenvalue weighted by atomic mass is 32.1. The minimum absolute atomic E-state index is 0.0575. The van der Waals surface area contributed by atoms with E-state index in [-0.39, 0.29) is 23.3 Å². The maximum absolute atomic E-state index is 13.3. The molecule has 1 aliphatic heterocycles. The average molecular weight is 376 g/mol. The topological polar surface area (TPSA) is 40.6 Å². The molecule has 2 atom stereocenters. The molecular formula is C19H18F2N2O2S. The van der Waals surface area contributed by atoms with E-state index in [0.717, 1.165) is 18.6 Å². The summed E-state index contributed by atoms with van der Waals surface area (Å²) in [4.78, 5) is 29.7. The lowest BCUT2D eigenvalue weighted by atomic mass is 10.1. The number of amides is 2. The molecule has 1 aromatic heterocycles. The van der Waals surface area contributed by atoms with Crippen molar-refractivity contribution in [2.45, 2.75) is 12.3 Å². The zero-order valence-corrected chi connectivity index (χ0v) is 14.8. The van der Waals surface area contributed by atoms with Gasteiger partial charge in [0, 0.05) is 48.5 Å². The van der Waals surface area contributed by atoms with Crippen LogP contribution in [0.3, 0.4) is 0 Å². The summed E-state index contributed by atoms with van der Waals surface area (Å²) in [6.07, 6.45) is 0.896. The first-order chi connectivity index (χ1) is 12.5. The third-order valence-corrected chi connectivity index (χ3v) is 6.07. The van der Waals surface area contributed by atoms with Crippen molar-refractivity contribution in [2.24, 2.45) is 5.92 Å². The van der Waals surface area contributed by atoms with Crippen LogP contribution < -0.4 is 0 Å². The zero-order valence-electron chi connectivity index (χ0n) is 14.0. The van der Waals surface area contributed by atoms with Crippen LogP contribution >= 0.6 is 11.3 Å². The summed E-state index contributed by atoms with van der Waals surface area (Å²) in [7, 11) is 0. The number of carbonyl (C=O) groups excluding carboxylic acids is 2. The van der Waals surface area contributed by atoms with Crippen molar-refractivity contribution in [3.05, 3.63) is 57.8 Å². The highest BCUT2D eigenvalue weighted by Gasteiger charge is 2.46. The number of nitrogens with zero attached hydrogens (tertiary/aromatic N) is 2. The lowest BCUT2D eigenvalue weighted by Gasteiger charge is -2.35. The van der Waals surface area contributed by atoms with Crippen LogP contribution in [0.5, 0.6) is 0 Å². The molecule has 2 unspecified atom stereocenters. The second-order valence-electron chi connectivity index (χ2n) is 6.71. The highest BCUT2D eigenvalue weighted by Crippen LogP contribution is 2.50. The fourth-order valence-corrected chi connectivity index (χ4v) is 4.37. The van der Waals surface area contributed by atoms with Crippen molar-refractivity contribution in [3.8, 4) is 0 Å². The molecule has 4 nitrogen and oxygen atoms in total. The molecule has 7 heteroatoms. The summed E-state index contributed by atoms with van der Waals surface area (Å²) in [5.41, 5.74) is 0.128. The van der Waals surface area contributed by atoms with Gasteiger partial charge in [-0.2, -0.15) is 0 Å². The molecule has 1 aromatic carbocycles. The molecule has 1 saturated carbocycles. The molecule has 2 heterocycles. The quantitative estimate of drug-likeness (QED) is 0.826. The van der Waals surface area contributed by atoms with Crippen LogP contribution in [0.15, 0.2) is 35.7 Å². The van der Waals surface area contributed by atoms with Crippen LogP contribution in [0.1, 0.15) is 27.6 Å². The first-order valence-electron chi connectivity index (χ1n) is 8.61. The van der Waals surface area contributed by atoms with E-state index in [2.05, 4.69) is 6.07 Å². The van der Waals surface area contributed by atoms with Gasteiger partial charge in [0.05, 0.1) is 0 Å². The Morgan fingerprint density at radius 3 is 2.38 bits per heavy atom. The van der Waals surface area contributed by atoms with Crippen molar-refractivity contribution < 1.29 is 18.4 Å². The van der Waals surface area contributed by atoms with Gasteiger partial charge in [0.2, 0.25) is 5.91 Å². The summed E-state index contributed by atoms with van der Waals surface area (Å²) < 4.78 is 26.3. The van der Waals surface area contributed by atoms with Crippen LogP contribution in [0, 0.1) is 17.6 Å². The molecule has 2 aliphatic rings. The van der Waals surface area contributed by atoms with Gasteiger partial charge in [0.25, 0.3) is 5.91 Å². The van der Waals surface area contributed by atoms with E-state index in [9.17, 15) is 18.4 Å². The number of hydrogen-bond donors (Lipinski definition) is 0. The summed E-state index contributed by atoms with van der Waals surface area (Å²) in [6.45, 7) is 1.75. The minimum Gasteiger partial charge on any atom is -0.339 e. The van der Waals surface area contributed by atoms with Gasteiger partial charge in [-0.25, -0.2) is 8.78 Å². The van der Waals surface area contributed by atoms with Gasteiger partial charge in [0.15, 0.2) is 11.6 Å². The molecule has 0 radical (unpaired) electrons. The van der Waals surface area contributed by atoms with Gasteiger partial charge in [-0.15, -0.1) is 11.3 Å². The van der Waals surface area contributed by atoms with Crippen LogP contribution in [0.4, 0.5) is 8.78 Å². The second-order valence-corrected chi connectivity index (χ2v) is 7.69. The molecule has 0 bridgehead atoms. The third kappa shape index (κ3) is 3.23. The van der Waals surface area contributed by atoms with Gasteiger partial charge >= 0.3 is 0 Å². The van der Waals surface area contributed by atoms with Crippen molar-refractivity contribution in [1.29, 1.82) is 0 Å². The molecule has 4 rings (SSSR count). The van der Waals surface area contributed by atoms with E-state index in [4.69, 9.17) is 0 Å². The normalized spacial score (nSPS) is 22.4. The highest BCUT2D eigenvalue weighted by molar-refractivity contribution is 7.10. The molecule has 0 spiro atoms. The number of halogens is 2. The van der Waals surface area contributed by atoms with Gasteiger partial charge < -0.3 is 9.80 Å². The largest absolute Gasteiger partial charge is 0.339 e. The van der Waals surface area contributed by atoms with Crippen molar-refractivity contribution in [3.63, 3.8) is 0 Å². The number of carbonyl (C=O) groups is 2. The van der Waals surface area contributed by atoms with Gasteiger partial charge in [-0.1, -0.05) is 6.07 Å². The Labute approximate surface area is 154 Å². The lowest BCUT2D eigenvalue weighted by Crippen LogP contribution is -2.51. The van der Waals surface area contributed by atoms with E-state index < -0.39 is 11.6 Å². The fourth-order valence-electron chi connectivity index (χ4n) is 3.46. The van der Waals surface area contributed by atoms with Gasteiger partial charge in [-0.05, 0) is 36.1 Å². The number of piperazine rings is 1. The molecule has 26 heavy (non-hydrogen) atoms. The predicted molar refractivity (Wildman–Crippen MR) is 94.0 cm³/mol. The lowest BCUT2D eigenvalue weighted by molar-refractivity contribution is -0.134. The number of hydrogen-bond acceptors (Lipinski definition) is 3. The summed E-state index contributed by atoms with van der Waals surface area (Å²) in [6, 6.07) is 7.24. The van der Waals surface area contributed by atoms with Crippen molar-refractivity contribution in [1.82, 2.24) is 9.80 Å². The molecule has 2 aromatic rings. The SMILES string of the molecule is O=C(c1ccc(F)c(F)c1)N1CCN(C(=O)C2CC2c2cccs2)CC1. The maximum atomic E-state index is 13.3. The smallest absolute Gasteiger partial charge is 0.254 e. The molecule has 2 amide bonds. The molecular weight excluding hydrogens is 358 g/mol. The maximum Gasteiger partial charge on any atom is 0.254 e. The Balaban J connectivity index is 1.33. The van der Waals surface area contributed by atoms with E-state index in [1.165, 1.54) is 10.9 Å². The van der Waals surface area contributed by atoms with E-state index in [1.54, 1.807) is 16.2 Å². The number of thiophene rings is 1. The van der Waals surface area contributed by atoms with E-state index >= 15 is 0 Å². The van der Waals surface area contributed by atoms with E-state index in [0.29, 0.717) is 32.1 Å². The third-order valence-electron chi connectivity index (χ3n) is 5.06. The molecule has 1 saturated heterocycles. The zero-order chi connectivity index (χ0) is 18.3. The summed E-state index contributed by atoms with van der Waals surface area (Å²) in [5.74, 6) is -1.78. The molecule has 136 valence electrons. The monoisotopic (exact) mass is 376 g/mol. The van der Waals surface area contributed by atoms with Gasteiger partial charge in [0.1, 0.15) is 0 Å². The first kappa shape index (κ1) is 17.1. The molecule has 1 aliphatic carbocycles. The Bertz CT molecular complexity index is 832. The average Bonchev–Trinajstić information content (AvgIpc) is 3.27. The standard InChI is InChI=1S/C19H18F2N2O2S/c20-15-4-3-12(10-16(15)21)18(24)22-5-7-23(8-6-22)19(25)14-11-13(14)17-2-1-9-26-17/h1-4,9-10,13-14H,5-8,11H2. The van der Waals surface area contributed by atoms with Crippen LogP contribution in [-0.2, 0) is 4.79 Å². The molecule has 0 N–H and O–H groups in total. The Hall–Kier alpha value is -2.28. The fraction of sp³-hybridized carbons (Fsp3) is 0.368. The summed E-state index contributed by atoms with van der Waals surface area (Å²) >= 11 is 1.68. The molecule has 2 fully saturated rings. The Kier molecular flexibility index (Phi) is 4.48. The van der Waals surface area contributed by atoms with Crippen LogP contribution in [0.25, 0.3) is 0 Å². The Morgan fingerprint density at radius 1 is 1.00 bits per heavy atom. The van der Waals surface area contributed by atoms with E-state index in [1.807, 2.05) is 16.3 Å². The van der Waals surface area contributed by atoms with Crippen molar-refractivity contribution >= 4 is 23.2 Å². The second kappa shape index (κ2) is 6.79. The minimum atomic E-state index is -1.03. The number of benzene rings is 1. The number of rotatable bonds is 3. The first-order valence-corrected chi connectivity index (χ1v) is 9.49. The predicted octanol–water partition coefficient (Wildman–Crippen LogP) is 3.11. The Morgan fingerprint density at radius 2 is 1.73 bits per heavy atom.